The predicted octanol–water partition coefficient (Wildman–Crippen LogP) is 3.02. The summed E-state index contributed by atoms with van der Waals surface area (Å²) in [6, 6.07) is 5.89. The third-order valence-corrected chi connectivity index (χ3v) is 4.15. The molecule has 2 N–H and O–H groups in total. The lowest BCUT2D eigenvalue weighted by Gasteiger charge is -2.17. The van der Waals surface area contributed by atoms with Crippen molar-refractivity contribution in [2.24, 2.45) is 0 Å². The van der Waals surface area contributed by atoms with E-state index >= 15 is 0 Å². The number of nitrogens with one attached hydrogen (secondary N) is 2. The second kappa shape index (κ2) is 10.2. The molecule has 0 radical (unpaired) electrons. The molecule has 0 aromatic heterocycles. The van der Waals surface area contributed by atoms with Crippen LogP contribution in [0.1, 0.15) is 51.5 Å². The number of benzene rings is 1. The molecule has 1 saturated heterocycles. The first-order valence-corrected chi connectivity index (χ1v) is 9.14. The lowest BCUT2D eigenvalue weighted by Crippen LogP contribution is -2.42. The van der Waals surface area contributed by atoms with Gasteiger partial charge in [0.25, 0.3) is 0 Å². The van der Waals surface area contributed by atoms with Crippen molar-refractivity contribution in [1.82, 2.24) is 10.6 Å². The van der Waals surface area contributed by atoms with Crippen LogP contribution in [0.3, 0.4) is 0 Å². The van der Waals surface area contributed by atoms with Gasteiger partial charge in [0.1, 0.15) is 0 Å². The van der Waals surface area contributed by atoms with E-state index in [1.807, 2.05) is 25.1 Å². The van der Waals surface area contributed by atoms with E-state index in [1.54, 1.807) is 0 Å². The van der Waals surface area contributed by atoms with Gasteiger partial charge in [0.15, 0.2) is 11.5 Å². The number of unbranched alkanes of at least 4 members (excludes halogenated alkanes) is 1. The molecule has 1 aromatic carbocycles. The third-order valence-electron chi connectivity index (χ3n) is 4.15. The Hall–Kier alpha value is -1.75. The van der Waals surface area contributed by atoms with E-state index in [-0.39, 0.29) is 11.9 Å². The van der Waals surface area contributed by atoms with Crippen molar-refractivity contribution < 1.29 is 14.3 Å². The van der Waals surface area contributed by atoms with Crippen molar-refractivity contribution in [3.05, 3.63) is 23.8 Å². The Labute approximate surface area is 145 Å². The average molecular weight is 334 g/mol. The van der Waals surface area contributed by atoms with Gasteiger partial charge in [0.05, 0.1) is 19.3 Å². The predicted molar refractivity (Wildman–Crippen MR) is 95.5 cm³/mol. The molecular weight excluding hydrogens is 304 g/mol. The monoisotopic (exact) mass is 334 g/mol. The Bertz CT molecular complexity index is 519. The zero-order valence-corrected chi connectivity index (χ0v) is 14.9. The van der Waals surface area contributed by atoms with Gasteiger partial charge in [-0.2, -0.15) is 0 Å². The summed E-state index contributed by atoms with van der Waals surface area (Å²) in [6.45, 7) is 6.85. The molecule has 1 aromatic rings. The Morgan fingerprint density at radius 1 is 1.21 bits per heavy atom. The van der Waals surface area contributed by atoms with E-state index in [1.165, 1.54) is 0 Å². The molecule has 134 valence electrons. The fourth-order valence-electron chi connectivity index (χ4n) is 2.75. The number of amides is 1. The van der Waals surface area contributed by atoms with Gasteiger partial charge in [0.2, 0.25) is 5.91 Å². The molecule has 0 bridgehead atoms. The van der Waals surface area contributed by atoms with Gasteiger partial charge in [0, 0.05) is 13.1 Å². The van der Waals surface area contributed by atoms with Crippen LogP contribution in [0.5, 0.6) is 11.5 Å². The molecule has 24 heavy (non-hydrogen) atoms. The van der Waals surface area contributed by atoms with E-state index in [9.17, 15) is 4.79 Å². The minimum Gasteiger partial charge on any atom is -0.490 e. The van der Waals surface area contributed by atoms with Crippen molar-refractivity contribution in [1.29, 1.82) is 0 Å². The molecule has 0 spiro atoms. The summed E-state index contributed by atoms with van der Waals surface area (Å²) in [5.74, 6) is 1.68. The van der Waals surface area contributed by atoms with Crippen LogP contribution in [0.25, 0.3) is 0 Å². The smallest absolute Gasteiger partial charge is 0.237 e. The minimum atomic E-state index is -0.108. The van der Waals surface area contributed by atoms with Crippen molar-refractivity contribution in [2.75, 3.05) is 19.8 Å². The summed E-state index contributed by atoms with van der Waals surface area (Å²) in [6.07, 6.45) is 5.16. The summed E-state index contributed by atoms with van der Waals surface area (Å²) in [7, 11) is 0. The summed E-state index contributed by atoms with van der Waals surface area (Å²) < 4.78 is 11.5. The summed E-state index contributed by atoms with van der Waals surface area (Å²) in [5, 5.41) is 6.31. The highest BCUT2D eigenvalue weighted by Gasteiger charge is 2.19. The first-order chi connectivity index (χ1) is 11.7. The highest BCUT2D eigenvalue weighted by Crippen LogP contribution is 2.28. The molecule has 1 fully saturated rings. The van der Waals surface area contributed by atoms with E-state index in [4.69, 9.17) is 9.47 Å². The molecule has 2 rings (SSSR count). The molecule has 1 atom stereocenters. The highest BCUT2D eigenvalue weighted by atomic mass is 16.5. The van der Waals surface area contributed by atoms with Gasteiger partial charge in [-0.1, -0.05) is 19.4 Å². The molecular formula is C19H30N2O3. The van der Waals surface area contributed by atoms with E-state index in [0.717, 1.165) is 55.7 Å². The maximum atomic E-state index is 12.0. The fourth-order valence-corrected chi connectivity index (χ4v) is 2.75. The Morgan fingerprint density at radius 3 is 2.88 bits per heavy atom. The van der Waals surface area contributed by atoms with Crippen LogP contribution in [0.2, 0.25) is 0 Å². The summed E-state index contributed by atoms with van der Waals surface area (Å²) in [5.41, 5.74) is 1.10. The first kappa shape index (κ1) is 18.6. The second-order valence-corrected chi connectivity index (χ2v) is 6.14. The van der Waals surface area contributed by atoms with Gasteiger partial charge in [-0.3, -0.25) is 4.79 Å². The van der Waals surface area contributed by atoms with Gasteiger partial charge in [-0.25, -0.2) is 0 Å². The lowest BCUT2D eigenvalue weighted by molar-refractivity contribution is -0.122. The maximum absolute atomic E-state index is 12.0. The van der Waals surface area contributed by atoms with Crippen molar-refractivity contribution >= 4 is 5.91 Å². The van der Waals surface area contributed by atoms with Crippen LogP contribution in [-0.4, -0.2) is 31.7 Å². The van der Waals surface area contributed by atoms with Crippen LogP contribution in [0, 0.1) is 0 Å². The number of hydrogen-bond donors (Lipinski definition) is 2. The van der Waals surface area contributed by atoms with Crippen LogP contribution in [0.4, 0.5) is 0 Å². The number of carbonyl (C=O) groups is 1. The Morgan fingerprint density at radius 2 is 2.08 bits per heavy atom. The maximum Gasteiger partial charge on any atom is 0.237 e. The van der Waals surface area contributed by atoms with Gasteiger partial charge < -0.3 is 20.1 Å². The molecule has 1 unspecified atom stereocenters. The zero-order chi connectivity index (χ0) is 17.2. The fraction of sp³-hybridized carbons (Fsp3) is 0.632. The molecule has 5 heteroatoms. The standard InChI is InChI=1S/C19H30N2O3/c1-3-5-12-24-17-10-9-15(13-18(17)23-4-2)14-21-16-8-6-7-11-20-19(16)22/h9-10,13,16,21H,3-8,11-12,14H2,1-2H3,(H,20,22). The van der Waals surface area contributed by atoms with Crippen LogP contribution < -0.4 is 20.1 Å². The van der Waals surface area contributed by atoms with Gasteiger partial charge in [-0.15, -0.1) is 0 Å². The van der Waals surface area contributed by atoms with E-state index in [0.29, 0.717) is 19.8 Å². The van der Waals surface area contributed by atoms with Crippen LogP contribution in [0.15, 0.2) is 18.2 Å². The molecule has 1 amide bonds. The molecule has 1 aliphatic heterocycles. The molecule has 5 nitrogen and oxygen atoms in total. The molecule has 0 saturated carbocycles. The van der Waals surface area contributed by atoms with E-state index in [2.05, 4.69) is 17.6 Å². The lowest BCUT2D eigenvalue weighted by atomic mass is 10.1. The summed E-state index contributed by atoms with van der Waals surface area (Å²) in [4.78, 5) is 12.0. The number of rotatable bonds is 9. The zero-order valence-electron chi connectivity index (χ0n) is 14.9. The Balaban J connectivity index is 1.96. The van der Waals surface area contributed by atoms with E-state index < -0.39 is 0 Å². The molecule has 1 heterocycles. The largest absolute Gasteiger partial charge is 0.490 e. The SMILES string of the molecule is CCCCOc1ccc(CNC2CCCCNC2=O)cc1OCC. The highest BCUT2D eigenvalue weighted by molar-refractivity contribution is 5.81. The second-order valence-electron chi connectivity index (χ2n) is 6.14. The molecule has 0 aliphatic carbocycles. The third kappa shape index (κ3) is 5.71. The van der Waals surface area contributed by atoms with Gasteiger partial charge in [-0.05, 0) is 50.3 Å². The van der Waals surface area contributed by atoms with Gasteiger partial charge >= 0.3 is 0 Å². The number of hydrogen-bond acceptors (Lipinski definition) is 4. The van der Waals surface area contributed by atoms with Crippen molar-refractivity contribution in [3.63, 3.8) is 0 Å². The number of ether oxygens (including phenoxy) is 2. The Kier molecular flexibility index (Phi) is 7.89. The normalized spacial score (nSPS) is 17.9. The van der Waals surface area contributed by atoms with Crippen LogP contribution >= 0.6 is 0 Å². The van der Waals surface area contributed by atoms with Crippen LogP contribution in [-0.2, 0) is 11.3 Å². The minimum absolute atomic E-state index is 0.108. The number of carbonyl (C=O) groups excluding carboxylic acids is 1. The van der Waals surface area contributed by atoms with Crippen molar-refractivity contribution in [2.45, 2.75) is 58.5 Å². The average Bonchev–Trinajstić information content (AvgIpc) is 2.79. The topological polar surface area (TPSA) is 59.6 Å². The quantitative estimate of drug-likeness (QED) is 0.682. The first-order valence-electron chi connectivity index (χ1n) is 9.14. The molecule has 1 aliphatic rings. The van der Waals surface area contributed by atoms with Crippen molar-refractivity contribution in [3.8, 4) is 11.5 Å². The summed E-state index contributed by atoms with van der Waals surface area (Å²) >= 11 is 0.